The van der Waals surface area contributed by atoms with Crippen molar-refractivity contribution >= 4 is 167 Å². The van der Waals surface area contributed by atoms with Crippen molar-refractivity contribution < 1.29 is 39.7 Å². The Hall–Kier alpha value is -10.7. The predicted octanol–water partition coefficient (Wildman–Crippen LogP) is 21.6. The van der Waals surface area contributed by atoms with Crippen LogP contribution >= 0.6 is 15.9 Å². The number of benzene rings is 12. The second-order valence-electron chi connectivity index (χ2n) is 43.1. The second kappa shape index (κ2) is 57.0. The van der Waals surface area contributed by atoms with Crippen molar-refractivity contribution in [1.82, 2.24) is 24.9 Å². The Morgan fingerprint density at radius 3 is 0.669 bits per heavy atom. The van der Waals surface area contributed by atoms with E-state index in [1.54, 1.807) is 0 Å². The zero-order chi connectivity index (χ0) is 104. The van der Waals surface area contributed by atoms with E-state index in [0.717, 1.165) is 49.4 Å². The van der Waals surface area contributed by atoms with Gasteiger partial charge in [-0.2, -0.15) is 0 Å². The van der Waals surface area contributed by atoms with Gasteiger partial charge >= 0.3 is 35.3 Å². The Balaban J connectivity index is 0.000000196. The number of nitrogens with zero attached hydrogens (tertiary/aromatic N) is 5. The molecule has 748 valence electrons. The fourth-order valence-electron chi connectivity index (χ4n) is 14.7. The third-order valence-electron chi connectivity index (χ3n) is 25.0. The molecule has 9 nitrogen and oxygen atoms in total. The van der Waals surface area contributed by atoms with Gasteiger partial charge in [0.2, 0.25) is 0 Å². The summed E-state index contributed by atoms with van der Waals surface area (Å²) >= 11 is 3.32. The molecule has 21 heteroatoms. The Morgan fingerprint density at radius 2 is 0.448 bits per heavy atom. The monoisotopic (exact) mass is 2290 g/mol. The van der Waals surface area contributed by atoms with Crippen LogP contribution in [0.15, 0.2) is 448 Å². The Kier molecular flexibility index (Phi) is 46.3. The standard InChI is InChI=1S/C28H34N2Si3.C28H32N2Si3.C24H34B2O4Si.C8H12BrNSi.6C6H6.Pt/c2*1-32(2,3)25-13-15-27(29-19-25)21-9-7-11-23(17-21)31-24-12-8-10-22(18-24)28-16-14-26(20-30-28)33(4,5)6;1-21(2)22(3,4)28-25(27-21)17-11-9-13-19(15-17)31-20-14-10-12-18(16-20)26-29-23(5,6)24(7,8)30-26;1-11(2,3)7-4-5-8(9)10-6-7;6*1-2-4-6-5-3-1;/h7-20H,31H2,1-6H3;7-16,19-20H,31H2,1-6H3;9-16H,31H2,1-8H3;4-6H,1-3H3;6*1-6H;/q;-2;;;;;;;;;+2. The number of hydrogen-bond donors (Lipinski definition) is 0. The van der Waals surface area contributed by atoms with E-state index in [1.165, 1.54) is 68.2 Å². The van der Waals surface area contributed by atoms with Crippen LogP contribution in [-0.2, 0) is 39.7 Å². The van der Waals surface area contributed by atoms with Crippen molar-refractivity contribution in [1.29, 1.82) is 0 Å². The zero-order valence-electron chi connectivity index (χ0n) is 89.5. The smallest absolute Gasteiger partial charge is 0.399 e. The molecule has 0 unspecified atom stereocenters. The SMILES string of the molecule is CC1(C)OB(c2cccc([SiH2]c3cccc(B4OC(C)(C)C(C)(C)O4)c3)c2)OC1(C)C.C[Si](C)(C)c1ccc(-c2[c-]c([SiH2]c3[c-]c(-c4ccc([Si](C)(C)C)cn4)ccc3)ccc2)nc1.C[Si](C)(C)c1ccc(-c2cccc([SiH2]c3cccc(-c4ccc([Si](C)(C)C)cn4)c3)c2)nc1.C[Si](C)(C)c1ccc(Br)nc1.[Pt+2].c1ccccc1.c1ccccc1.c1ccccc1.c1ccccc1.c1ccccc1.c1ccccc1. The molecule has 0 amide bonds. The first kappa shape index (κ1) is 118. The summed E-state index contributed by atoms with van der Waals surface area (Å²) in [7, 11) is -9.07. The van der Waals surface area contributed by atoms with Crippen LogP contribution in [0.4, 0.5) is 0 Å². The molecule has 12 aromatic carbocycles. The number of halogens is 1. The second-order valence-corrected chi connectivity index (χ2v) is 75.1. The van der Waals surface area contributed by atoms with Crippen LogP contribution < -0.4 is 68.0 Å². The van der Waals surface area contributed by atoms with Crippen molar-refractivity contribution in [3.63, 3.8) is 0 Å². The van der Waals surface area contributed by atoms with Crippen LogP contribution in [0.5, 0.6) is 0 Å². The van der Waals surface area contributed by atoms with Crippen LogP contribution in [0.25, 0.3) is 45.0 Å². The molecule has 0 bridgehead atoms. The van der Waals surface area contributed by atoms with Gasteiger partial charge in [-0.25, -0.2) is 4.98 Å². The van der Waals surface area contributed by atoms with Crippen molar-refractivity contribution in [3.8, 4) is 45.0 Å². The molecule has 2 aliphatic heterocycles. The molecule has 0 spiro atoms. The summed E-state index contributed by atoms with van der Waals surface area (Å²) in [6.07, 6.45) is 10.2. The molecule has 7 heterocycles. The molecule has 0 aliphatic carbocycles. The summed E-state index contributed by atoms with van der Waals surface area (Å²) < 4.78 is 25.9. The third-order valence-corrected chi connectivity index (χ3v) is 40.6. The maximum atomic E-state index is 6.24. The molecular formula is C124H148B2BrN5O4PtSi8. The van der Waals surface area contributed by atoms with Crippen LogP contribution in [0.1, 0.15) is 55.4 Å². The van der Waals surface area contributed by atoms with Crippen molar-refractivity contribution in [2.24, 2.45) is 0 Å². The summed E-state index contributed by atoms with van der Waals surface area (Å²) in [5, 5.41) is 15.1. The van der Waals surface area contributed by atoms with Crippen molar-refractivity contribution in [2.45, 2.75) is 176 Å². The number of rotatable bonds is 17. The Bertz CT molecular complexity index is 5660. The Morgan fingerprint density at radius 1 is 0.234 bits per heavy atom. The molecule has 0 saturated carbocycles. The molecule has 5 aromatic heterocycles. The van der Waals surface area contributed by atoms with Gasteiger partial charge in [-0.3, -0.25) is 9.97 Å². The summed E-state index contributed by atoms with van der Waals surface area (Å²) in [5.41, 5.74) is 9.54. The molecule has 2 saturated heterocycles. The summed E-state index contributed by atoms with van der Waals surface area (Å²) in [6.45, 7) is 51.9. The van der Waals surface area contributed by atoms with Gasteiger partial charge in [0.1, 0.15) is 4.60 Å². The van der Waals surface area contributed by atoms with E-state index in [1.807, 2.05) is 231 Å². The van der Waals surface area contributed by atoms with Crippen LogP contribution in [0.2, 0.25) is 98.2 Å². The average Bonchev–Trinajstić information content (AvgIpc) is 1.62. The molecule has 2 aliphatic rings. The normalized spacial score (nSPS) is 13.4. The van der Waals surface area contributed by atoms with Gasteiger partial charge in [-0.1, -0.05) is 477 Å². The van der Waals surface area contributed by atoms with E-state index in [4.69, 9.17) is 38.6 Å². The quantitative estimate of drug-likeness (QED) is 0.0501. The molecule has 2 fully saturated rings. The maximum Gasteiger partial charge on any atom is 2.00 e. The van der Waals surface area contributed by atoms with Gasteiger partial charge in [0.15, 0.2) is 0 Å². The zero-order valence-corrected chi connectivity index (χ0v) is 103. The van der Waals surface area contributed by atoms with Gasteiger partial charge in [0, 0.05) is 40.5 Å². The number of pyridine rings is 5. The minimum atomic E-state index is -1.34. The third kappa shape index (κ3) is 40.1. The molecule has 145 heavy (non-hydrogen) atoms. The van der Waals surface area contributed by atoms with Crippen molar-refractivity contribution in [2.75, 3.05) is 0 Å². The van der Waals surface area contributed by atoms with E-state index >= 15 is 0 Å². The van der Waals surface area contributed by atoms with Gasteiger partial charge in [-0.15, -0.1) is 70.0 Å². The molecule has 19 rings (SSSR count). The molecule has 0 N–H and O–H groups in total. The van der Waals surface area contributed by atoms with E-state index in [9.17, 15) is 0 Å². The van der Waals surface area contributed by atoms with Crippen LogP contribution in [0.3, 0.4) is 0 Å². The first-order valence-electron chi connectivity index (χ1n) is 50.1. The first-order valence-corrected chi connectivity index (χ1v) is 72.6. The van der Waals surface area contributed by atoms with Crippen LogP contribution in [0, 0.1) is 12.1 Å². The van der Waals surface area contributed by atoms with Gasteiger partial charge in [0.25, 0.3) is 0 Å². The fourth-order valence-corrected chi connectivity index (χ4v) is 24.9. The van der Waals surface area contributed by atoms with E-state index in [0.29, 0.717) is 0 Å². The molecular weight excluding hydrogens is 2140 g/mol. The Labute approximate surface area is 904 Å². The summed E-state index contributed by atoms with van der Waals surface area (Å²) in [4.78, 5) is 23.3. The largest absolute Gasteiger partial charge is 2.00 e. The van der Waals surface area contributed by atoms with Crippen LogP contribution in [-0.4, -0.2) is 130 Å². The van der Waals surface area contributed by atoms with Gasteiger partial charge in [0.05, 0.1) is 93.2 Å². The van der Waals surface area contributed by atoms with Crippen molar-refractivity contribution in [3.05, 3.63) is 460 Å². The molecule has 0 atom stereocenters. The maximum absolute atomic E-state index is 6.24. The average molecular weight is 2290 g/mol. The van der Waals surface area contributed by atoms with Gasteiger partial charge in [-0.05, 0) is 149 Å². The van der Waals surface area contributed by atoms with E-state index < -0.39 is 68.9 Å². The molecule has 0 radical (unpaired) electrons. The minimum Gasteiger partial charge on any atom is -0.399 e. The van der Waals surface area contributed by atoms with E-state index in [2.05, 4.69) is 399 Å². The predicted molar refractivity (Wildman–Crippen MR) is 650 cm³/mol. The van der Waals surface area contributed by atoms with E-state index in [-0.39, 0.29) is 57.7 Å². The number of hydrogen-bond acceptors (Lipinski definition) is 9. The summed E-state index contributed by atoms with van der Waals surface area (Å²) in [6, 6.07) is 149. The van der Waals surface area contributed by atoms with Gasteiger partial charge < -0.3 is 28.6 Å². The fraction of sp³-hybridized carbons (Fsp3) is 0.218. The number of aromatic nitrogens is 5. The first-order chi connectivity index (χ1) is 68.5. The molecule has 17 aromatic rings. The summed E-state index contributed by atoms with van der Waals surface area (Å²) in [5.74, 6) is 0. The minimum absolute atomic E-state index is 0. The topological polar surface area (TPSA) is 101 Å².